The highest BCUT2D eigenvalue weighted by Crippen LogP contribution is 2.22. The van der Waals surface area contributed by atoms with E-state index in [0.717, 1.165) is 16.4 Å². The van der Waals surface area contributed by atoms with E-state index >= 15 is 0 Å². The Labute approximate surface area is 382 Å². The Bertz CT molecular complexity index is 2260. The minimum atomic E-state index is -3.94. The summed E-state index contributed by atoms with van der Waals surface area (Å²) in [5, 5.41) is 7.32. The van der Waals surface area contributed by atoms with Crippen molar-refractivity contribution >= 4 is 56.4 Å². The van der Waals surface area contributed by atoms with Crippen LogP contribution in [0, 0.1) is 17.8 Å². The lowest BCUT2D eigenvalue weighted by atomic mass is 9.86. The first kappa shape index (κ1) is 52.1. The largest absolute Gasteiger partial charge is 0.461 e. The molecule has 1 aromatic heterocycles. The van der Waals surface area contributed by atoms with E-state index in [1.165, 1.54) is 10.4 Å². The first-order valence-corrected chi connectivity index (χ1v) is 23.4. The van der Waals surface area contributed by atoms with E-state index in [1.54, 1.807) is 91.8 Å². The van der Waals surface area contributed by atoms with Crippen LogP contribution in [0.5, 0.6) is 0 Å². The van der Waals surface area contributed by atoms with Crippen LogP contribution in [0.4, 0.5) is 0 Å². The molecule has 3 aromatic rings. The number of hydrogen-bond donors (Lipinski definition) is 2. The number of pyridine rings is 1. The number of carbonyl (C=O) groups excluding carboxylic acids is 6. The molecule has 2 heterocycles. The molecule has 1 saturated heterocycles. The second-order valence-corrected chi connectivity index (χ2v) is 20.2. The van der Waals surface area contributed by atoms with Gasteiger partial charge in [0.1, 0.15) is 17.8 Å². The summed E-state index contributed by atoms with van der Waals surface area (Å²) in [5.74, 6) is -6.96. The Morgan fingerprint density at radius 1 is 0.754 bits per heavy atom. The molecule has 4 atom stereocenters. The van der Waals surface area contributed by atoms with Crippen molar-refractivity contribution in [1.29, 1.82) is 0 Å². The molecule has 1 fully saturated rings. The van der Waals surface area contributed by atoms with Crippen molar-refractivity contribution in [3.8, 4) is 0 Å². The normalized spacial score (nSPS) is 15.7. The number of benzene rings is 2. The van der Waals surface area contributed by atoms with Gasteiger partial charge in [0.05, 0.1) is 56.0 Å². The molecule has 0 bridgehead atoms. The van der Waals surface area contributed by atoms with Gasteiger partial charge in [-0.3, -0.25) is 33.8 Å². The van der Waals surface area contributed by atoms with Crippen LogP contribution in [-0.4, -0.2) is 103 Å². The maximum absolute atomic E-state index is 14.5. The van der Waals surface area contributed by atoms with Crippen molar-refractivity contribution < 1.29 is 56.1 Å². The highest BCUT2D eigenvalue weighted by molar-refractivity contribution is 7.92. The number of nitrogens with zero attached hydrogens (tertiary/aromatic N) is 2. The molecule has 0 unspecified atom stereocenters. The molecule has 354 valence electrons. The number of sulfonamides is 1. The summed E-state index contributed by atoms with van der Waals surface area (Å²) in [6.45, 7) is 14.2. The monoisotopic (exact) mass is 920 g/mol. The molecule has 0 spiro atoms. The lowest BCUT2D eigenvalue weighted by Crippen LogP contribution is -2.48. The number of amides is 2. The van der Waals surface area contributed by atoms with E-state index in [0.29, 0.717) is 11.2 Å². The number of Topliss-reactive ketones (excluding diaryl/α,β-unsaturated/α-hetero) is 1. The van der Waals surface area contributed by atoms with Gasteiger partial charge in [-0.15, -0.1) is 0 Å². The van der Waals surface area contributed by atoms with Gasteiger partial charge in [0.25, 0.3) is 0 Å². The molecule has 17 heteroatoms. The topological polar surface area (TPSA) is 214 Å². The predicted octanol–water partition coefficient (Wildman–Crippen LogP) is 5.37. The number of hydrogen-bond acceptors (Lipinski definition) is 13. The van der Waals surface area contributed by atoms with Gasteiger partial charge >= 0.3 is 17.9 Å². The summed E-state index contributed by atoms with van der Waals surface area (Å²) in [5.41, 5.74) is 0.0534. The Morgan fingerprint density at radius 3 is 1.98 bits per heavy atom. The second-order valence-electron chi connectivity index (χ2n) is 18.4. The molecule has 0 aliphatic carbocycles. The molecule has 4 rings (SSSR count). The molecule has 1 aliphatic rings. The number of ether oxygens (including phenoxy) is 4. The highest BCUT2D eigenvalue weighted by Gasteiger charge is 2.35. The van der Waals surface area contributed by atoms with Crippen molar-refractivity contribution in [3.63, 3.8) is 0 Å². The van der Waals surface area contributed by atoms with Crippen molar-refractivity contribution in [2.24, 2.45) is 17.8 Å². The standard InChI is InChI=1S/C48H64N4O12S/c1-32(2)38(46(58)50-37(29-44(56)64-48(6,7)8)20-25-65(59,60)52-21-23-61-24-22-52)30-41(53)40(28-36-19-18-34-16-12-13-17-39(34)49-36)51-45(57)35(27-43(55)63-47(3,4)5)26-42(54)62-31-33-14-10-9-11-15-33/h9-20,25,32,35,37-38,40H,21-24,26-31H2,1-8H3,(H,50,58)(H,51,57)/b25-20+/t35-,37+,38-,40-/m0/s1. The first-order chi connectivity index (χ1) is 30.5. The van der Waals surface area contributed by atoms with E-state index in [1.807, 2.05) is 30.3 Å². The third-order valence-corrected chi connectivity index (χ3v) is 11.7. The van der Waals surface area contributed by atoms with Crippen LogP contribution >= 0.6 is 0 Å². The number of para-hydroxylation sites is 1. The van der Waals surface area contributed by atoms with Crippen LogP contribution in [0.25, 0.3) is 10.9 Å². The zero-order valence-electron chi connectivity index (χ0n) is 38.7. The third kappa shape index (κ3) is 18.1. The number of rotatable bonds is 21. The third-order valence-electron chi connectivity index (χ3n) is 10.1. The average Bonchev–Trinajstić information content (AvgIpc) is 3.22. The van der Waals surface area contributed by atoms with Crippen LogP contribution in [0.3, 0.4) is 0 Å². The molecular formula is C48H64N4O12S. The molecule has 65 heavy (non-hydrogen) atoms. The smallest absolute Gasteiger partial charge is 0.308 e. The van der Waals surface area contributed by atoms with Gasteiger partial charge in [-0.1, -0.05) is 68.4 Å². The van der Waals surface area contributed by atoms with Crippen molar-refractivity contribution in [3.05, 3.63) is 89.5 Å². The van der Waals surface area contributed by atoms with Gasteiger partial charge in [-0.05, 0) is 71.2 Å². The lowest BCUT2D eigenvalue weighted by molar-refractivity contribution is -0.159. The number of ketones is 1. The molecule has 2 N–H and O–H groups in total. The van der Waals surface area contributed by atoms with Crippen molar-refractivity contribution in [2.75, 3.05) is 26.3 Å². The number of fused-ring (bicyclic) bond motifs is 1. The zero-order chi connectivity index (χ0) is 48.0. The lowest BCUT2D eigenvalue weighted by Gasteiger charge is -2.27. The quantitative estimate of drug-likeness (QED) is 0.102. The first-order valence-electron chi connectivity index (χ1n) is 21.9. The molecular weight excluding hydrogens is 857 g/mol. The minimum Gasteiger partial charge on any atom is -0.461 e. The van der Waals surface area contributed by atoms with Crippen molar-refractivity contribution in [2.45, 2.75) is 117 Å². The maximum atomic E-state index is 14.5. The van der Waals surface area contributed by atoms with Gasteiger partial charge in [0.15, 0.2) is 5.78 Å². The Balaban J connectivity index is 1.62. The van der Waals surface area contributed by atoms with E-state index in [-0.39, 0.29) is 39.3 Å². The number of aromatic nitrogens is 1. The van der Waals surface area contributed by atoms with Crippen LogP contribution < -0.4 is 10.6 Å². The summed E-state index contributed by atoms with van der Waals surface area (Å²) in [6.07, 6.45) is -0.691. The van der Waals surface area contributed by atoms with E-state index in [2.05, 4.69) is 10.6 Å². The summed E-state index contributed by atoms with van der Waals surface area (Å²) in [4.78, 5) is 87.0. The van der Waals surface area contributed by atoms with Gasteiger partial charge in [0, 0.05) is 48.3 Å². The fourth-order valence-electron chi connectivity index (χ4n) is 6.90. The summed E-state index contributed by atoms with van der Waals surface area (Å²) in [6, 6.07) is 17.4. The van der Waals surface area contributed by atoms with Gasteiger partial charge < -0.3 is 29.6 Å². The van der Waals surface area contributed by atoms with Gasteiger partial charge in [-0.2, -0.15) is 4.31 Å². The highest BCUT2D eigenvalue weighted by atomic mass is 32.2. The van der Waals surface area contributed by atoms with Crippen LogP contribution in [-0.2, 0) is 70.8 Å². The zero-order valence-corrected chi connectivity index (χ0v) is 39.5. The fourth-order valence-corrected chi connectivity index (χ4v) is 8.12. The number of morpholine rings is 1. The summed E-state index contributed by atoms with van der Waals surface area (Å²) in [7, 11) is -3.94. The molecule has 2 aromatic carbocycles. The molecule has 16 nitrogen and oxygen atoms in total. The number of esters is 3. The Morgan fingerprint density at radius 2 is 1.35 bits per heavy atom. The number of nitrogens with one attached hydrogen (secondary N) is 2. The summed E-state index contributed by atoms with van der Waals surface area (Å²) < 4.78 is 49.4. The average molecular weight is 921 g/mol. The molecule has 0 saturated carbocycles. The van der Waals surface area contributed by atoms with Gasteiger partial charge in [-0.25, -0.2) is 8.42 Å². The Kier molecular flexibility index (Phi) is 18.9. The van der Waals surface area contributed by atoms with Gasteiger partial charge in [0.2, 0.25) is 21.8 Å². The van der Waals surface area contributed by atoms with Crippen LogP contribution in [0.15, 0.2) is 78.2 Å². The summed E-state index contributed by atoms with van der Waals surface area (Å²) >= 11 is 0. The van der Waals surface area contributed by atoms with Crippen molar-refractivity contribution in [1.82, 2.24) is 19.9 Å². The van der Waals surface area contributed by atoms with Crippen LogP contribution in [0.2, 0.25) is 0 Å². The predicted molar refractivity (Wildman–Crippen MR) is 243 cm³/mol. The maximum Gasteiger partial charge on any atom is 0.308 e. The minimum absolute atomic E-state index is 0.0635. The van der Waals surface area contributed by atoms with Crippen LogP contribution in [0.1, 0.15) is 92.3 Å². The molecule has 0 radical (unpaired) electrons. The van der Waals surface area contributed by atoms with E-state index in [4.69, 9.17) is 23.9 Å². The van der Waals surface area contributed by atoms with E-state index in [9.17, 15) is 37.2 Å². The molecule has 2 amide bonds. The van der Waals surface area contributed by atoms with E-state index < -0.39 is 112 Å². The Hall–Kier alpha value is -5.52. The molecule has 1 aliphatic heterocycles. The SMILES string of the molecule is CC(C)[C@H](CC(=O)[C@H](Cc1ccc2ccccc2n1)NC(=O)[C@@H](CC(=O)OCc1ccccc1)CC(=O)OC(C)(C)C)C(=O)N[C@H](/C=C/S(=O)(=O)N1CCOCC1)CC(=O)OC(C)(C)C. The fraction of sp³-hybridized carbons (Fsp3) is 0.521. The second kappa shape index (κ2) is 23.6. The number of carbonyl (C=O) groups is 6.